The van der Waals surface area contributed by atoms with Crippen molar-refractivity contribution in [1.82, 2.24) is 15.1 Å². The number of halogens is 7. The molecule has 52 heavy (non-hydrogen) atoms. The summed E-state index contributed by atoms with van der Waals surface area (Å²) in [7, 11) is 0. The second-order valence-corrected chi connectivity index (χ2v) is 11.4. The Hall–Kier alpha value is -5.18. The van der Waals surface area contributed by atoms with E-state index in [-0.39, 0.29) is 61.6 Å². The highest BCUT2D eigenvalue weighted by atomic mass is 19.4. The van der Waals surface area contributed by atoms with Crippen LogP contribution in [0.5, 0.6) is 11.5 Å². The number of aryl methyl sites for hydroxylation is 1. The van der Waals surface area contributed by atoms with Crippen LogP contribution < -0.4 is 10.1 Å². The Bertz CT molecular complexity index is 1810. The number of carbonyl (C=O) groups is 3. The average Bonchev–Trinajstić information content (AvgIpc) is 3.08. The minimum absolute atomic E-state index is 0.00819. The van der Waals surface area contributed by atoms with E-state index in [4.69, 9.17) is 14.6 Å². The number of rotatable bonds is 7. The molecule has 0 aliphatic carbocycles. The maximum Gasteiger partial charge on any atom is 0.416 e. The minimum Gasteiger partial charge on any atom is -0.483 e. The molecule has 4 bridgehead atoms. The number of allylic oxidation sites excluding steroid dienone is 2. The lowest BCUT2D eigenvalue weighted by molar-refractivity contribution is -0.131. The SMILES string of the molecule is C/C=C(\C(=C/N(C=O)C1C(=O)NCc2cc(cc(F)c2F)-c2c(C)cccc2Oc2ccc(F)c1c2)CCN1CC(F)C1)C(F)(F)F.CC.O=CO. The molecule has 0 radical (unpaired) electrons. The van der Waals surface area contributed by atoms with Gasteiger partial charge in [-0.3, -0.25) is 19.3 Å². The number of nitrogens with one attached hydrogen (secondary N) is 1. The molecule has 2 aliphatic rings. The molecule has 1 fully saturated rings. The molecule has 2 heterocycles. The van der Waals surface area contributed by atoms with E-state index in [0.29, 0.717) is 16.0 Å². The fraction of sp³-hybridized carbons (Fsp3) is 0.324. The Balaban J connectivity index is 0.00000139. The second-order valence-electron chi connectivity index (χ2n) is 11.4. The molecule has 3 aromatic carbocycles. The van der Waals surface area contributed by atoms with Crippen molar-refractivity contribution in [2.75, 3.05) is 19.6 Å². The number of carboxylic acid groups (broad SMARTS) is 1. The number of carbonyl (C=O) groups excluding carboxylic acids is 2. The normalized spacial score (nSPS) is 16.4. The number of benzene rings is 3. The van der Waals surface area contributed by atoms with Gasteiger partial charge in [0.15, 0.2) is 11.6 Å². The Kier molecular flexibility index (Phi) is 14.6. The summed E-state index contributed by atoms with van der Waals surface area (Å²) in [5.41, 5.74) is -0.979. The van der Waals surface area contributed by atoms with E-state index in [1.807, 2.05) is 13.8 Å². The highest BCUT2D eigenvalue weighted by Gasteiger charge is 2.38. The largest absolute Gasteiger partial charge is 0.483 e. The Morgan fingerprint density at radius 3 is 2.33 bits per heavy atom. The fourth-order valence-electron chi connectivity index (χ4n) is 5.77. The summed E-state index contributed by atoms with van der Waals surface area (Å²) in [4.78, 5) is 36.8. The molecular weight excluding hydrogens is 699 g/mol. The van der Waals surface area contributed by atoms with E-state index in [1.54, 1.807) is 30.0 Å². The molecule has 2 aliphatic heterocycles. The highest BCUT2D eigenvalue weighted by Crippen LogP contribution is 2.40. The highest BCUT2D eigenvalue weighted by molar-refractivity contribution is 5.86. The third-order valence-electron chi connectivity index (χ3n) is 8.09. The van der Waals surface area contributed by atoms with Gasteiger partial charge in [-0.1, -0.05) is 32.1 Å². The van der Waals surface area contributed by atoms with Gasteiger partial charge in [-0.05, 0) is 73.4 Å². The van der Waals surface area contributed by atoms with Crippen molar-refractivity contribution in [3.63, 3.8) is 0 Å². The number of amides is 2. The van der Waals surface area contributed by atoms with Gasteiger partial charge in [0.2, 0.25) is 12.3 Å². The van der Waals surface area contributed by atoms with Crippen LogP contribution in [-0.4, -0.2) is 65.7 Å². The molecular formula is C37H38F7N3O5. The van der Waals surface area contributed by atoms with Crippen molar-refractivity contribution in [3.8, 4) is 22.6 Å². The number of nitrogens with zero attached hydrogens (tertiary/aromatic N) is 2. The summed E-state index contributed by atoms with van der Waals surface area (Å²) in [5.74, 6) is -4.39. The number of likely N-dealkylation sites (tertiary alicyclic amines) is 1. The van der Waals surface area contributed by atoms with Crippen molar-refractivity contribution >= 4 is 18.8 Å². The van der Waals surface area contributed by atoms with Crippen molar-refractivity contribution in [2.45, 2.75) is 59.1 Å². The topological polar surface area (TPSA) is 99.2 Å². The van der Waals surface area contributed by atoms with Crippen LogP contribution in [-0.2, 0) is 20.9 Å². The summed E-state index contributed by atoms with van der Waals surface area (Å²) < 4.78 is 107. The van der Waals surface area contributed by atoms with Gasteiger partial charge in [0.05, 0.1) is 5.57 Å². The smallest absolute Gasteiger partial charge is 0.416 e. The first-order valence-electron chi connectivity index (χ1n) is 16.2. The Morgan fingerprint density at radius 1 is 1.06 bits per heavy atom. The van der Waals surface area contributed by atoms with Crippen LogP contribution in [0.15, 0.2) is 72.0 Å². The Morgan fingerprint density at radius 2 is 1.73 bits per heavy atom. The zero-order chi connectivity index (χ0) is 38.7. The summed E-state index contributed by atoms with van der Waals surface area (Å²) in [6.45, 7) is 6.09. The molecule has 1 atom stereocenters. The zero-order valence-corrected chi connectivity index (χ0v) is 28.7. The molecule has 280 valence electrons. The molecule has 0 aromatic heterocycles. The first-order chi connectivity index (χ1) is 24.7. The van der Waals surface area contributed by atoms with Crippen LogP contribution in [0.1, 0.15) is 49.9 Å². The van der Waals surface area contributed by atoms with Crippen molar-refractivity contribution in [3.05, 3.63) is 106 Å². The lowest BCUT2D eigenvalue weighted by Crippen LogP contribution is -2.48. The third-order valence-corrected chi connectivity index (χ3v) is 8.09. The van der Waals surface area contributed by atoms with Crippen LogP contribution in [0.4, 0.5) is 30.7 Å². The predicted octanol–water partition coefficient (Wildman–Crippen LogP) is 8.16. The minimum atomic E-state index is -4.86. The van der Waals surface area contributed by atoms with Crippen molar-refractivity contribution in [1.29, 1.82) is 0 Å². The second kappa shape index (κ2) is 18.4. The first kappa shape index (κ1) is 41.2. The number of hydrogen-bond donors (Lipinski definition) is 2. The molecule has 8 nitrogen and oxygen atoms in total. The van der Waals surface area contributed by atoms with Crippen LogP contribution in [0.3, 0.4) is 0 Å². The average molecular weight is 738 g/mol. The first-order valence-corrected chi connectivity index (χ1v) is 16.2. The molecule has 1 unspecified atom stereocenters. The summed E-state index contributed by atoms with van der Waals surface area (Å²) in [6.07, 6.45) is -4.58. The third kappa shape index (κ3) is 9.78. The van der Waals surface area contributed by atoms with Crippen LogP contribution in [0.2, 0.25) is 0 Å². The van der Waals surface area contributed by atoms with Gasteiger partial charge in [-0.2, -0.15) is 13.2 Å². The van der Waals surface area contributed by atoms with Gasteiger partial charge in [-0.25, -0.2) is 17.6 Å². The zero-order valence-electron chi connectivity index (χ0n) is 28.7. The van der Waals surface area contributed by atoms with E-state index >= 15 is 4.39 Å². The predicted molar refractivity (Wildman–Crippen MR) is 179 cm³/mol. The number of alkyl halides is 4. The molecule has 2 amide bonds. The fourth-order valence-corrected chi connectivity index (χ4v) is 5.77. The molecule has 5 rings (SSSR count). The van der Waals surface area contributed by atoms with Crippen molar-refractivity contribution in [2.24, 2.45) is 0 Å². The van der Waals surface area contributed by atoms with E-state index in [1.165, 1.54) is 12.1 Å². The Labute approximate surface area is 296 Å². The van der Waals surface area contributed by atoms with Gasteiger partial charge in [-0.15, -0.1) is 0 Å². The molecule has 0 spiro atoms. The lowest BCUT2D eigenvalue weighted by atomic mass is 9.97. The van der Waals surface area contributed by atoms with Gasteiger partial charge < -0.3 is 20.1 Å². The van der Waals surface area contributed by atoms with E-state index < -0.39 is 65.0 Å². The molecule has 2 N–H and O–H groups in total. The van der Waals surface area contributed by atoms with Crippen LogP contribution >= 0.6 is 0 Å². The quantitative estimate of drug-likeness (QED) is 0.144. The number of ether oxygens (including phenoxy) is 1. The van der Waals surface area contributed by atoms with E-state index in [9.17, 15) is 35.9 Å². The maximum absolute atomic E-state index is 15.5. The van der Waals surface area contributed by atoms with Gasteiger partial charge in [0.1, 0.15) is 29.5 Å². The van der Waals surface area contributed by atoms with Crippen LogP contribution in [0, 0.1) is 24.4 Å². The summed E-state index contributed by atoms with van der Waals surface area (Å²) >= 11 is 0. The number of hydrogen-bond acceptors (Lipinski definition) is 5. The van der Waals surface area contributed by atoms with E-state index in [0.717, 1.165) is 37.4 Å². The molecule has 0 saturated carbocycles. The lowest BCUT2D eigenvalue weighted by Gasteiger charge is -2.35. The molecule has 15 heteroatoms. The molecule has 1 saturated heterocycles. The summed E-state index contributed by atoms with van der Waals surface area (Å²) in [6, 6.07) is 8.65. The van der Waals surface area contributed by atoms with Gasteiger partial charge in [0.25, 0.3) is 6.47 Å². The standard InChI is InChI=1S/C34H30F7N3O3.C2H6.CH2O2/c1-3-26(34(39,40)41)20(9-10-43-16-23(35)17-43)15-44(18-45)32-25-13-24(7-8-27(25)36)47-29-6-4-5-19(2)30(29)21-11-22(14-42-33(32)46)31(38)28(37)12-21;1-2;2-1-3/h3-8,11-13,15,18,23,32H,9-10,14,16-17H2,1-2H3,(H,42,46);1-2H3;1H,(H,2,3)/b20-15-,26-3+;;. The van der Waals surface area contributed by atoms with E-state index in [2.05, 4.69) is 5.32 Å². The van der Waals surface area contributed by atoms with Crippen molar-refractivity contribution < 1.29 is 55.0 Å². The van der Waals surface area contributed by atoms with Gasteiger partial charge in [0, 0.05) is 49.1 Å². The number of fused-ring (bicyclic) bond motifs is 6. The molecule has 3 aromatic rings. The maximum atomic E-state index is 15.5. The monoisotopic (exact) mass is 737 g/mol. The summed E-state index contributed by atoms with van der Waals surface area (Å²) in [5, 5.41) is 9.28. The van der Waals surface area contributed by atoms with Crippen LogP contribution in [0.25, 0.3) is 11.1 Å². The van der Waals surface area contributed by atoms with Gasteiger partial charge >= 0.3 is 6.18 Å².